The number of carbonyl (C=O) groups is 1. The molecule has 0 spiro atoms. The lowest BCUT2D eigenvalue weighted by molar-refractivity contribution is -0.134. The van der Waals surface area contributed by atoms with Crippen LogP contribution in [0.5, 0.6) is 0 Å². The summed E-state index contributed by atoms with van der Waals surface area (Å²) in [7, 11) is 1.32. The summed E-state index contributed by atoms with van der Waals surface area (Å²) in [4.78, 5) is 10.7. The second-order valence-electron chi connectivity index (χ2n) is 4.33. The molecule has 0 saturated carbocycles. The zero-order valence-corrected chi connectivity index (χ0v) is 9.91. The van der Waals surface area contributed by atoms with Gasteiger partial charge in [0.2, 0.25) is 0 Å². The third-order valence-electron chi connectivity index (χ3n) is 1.87. The maximum Gasteiger partial charge on any atom is 0.331 e. The van der Waals surface area contributed by atoms with E-state index in [0.29, 0.717) is 18.9 Å². The lowest BCUT2D eigenvalue weighted by Crippen LogP contribution is -2.37. The van der Waals surface area contributed by atoms with Gasteiger partial charge in [-0.05, 0) is 19.3 Å². The Balaban J connectivity index is 3.84. The zero-order chi connectivity index (χ0) is 11.9. The van der Waals surface area contributed by atoms with Gasteiger partial charge in [0, 0.05) is 18.8 Å². The minimum absolute atomic E-state index is 0.411. The number of carbonyl (C=O) groups excluding carboxylic acids is 1. The normalized spacial score (nSPS) is 15.3. The number of esters is 1. The van der Waals surface area contributed by atoms with Gasteiger partial charge in [0.05, 0.1) is 12.7 Å². The van der Waals surface area contributed by atoms with Crippen LogP contribution in [0.4, 0.5) is 0 Å². The van der Waals surface area contributed by atoms with Crippen molar-refractivity contribution in [1.82, 2.24) is 5.32 Å². The summed E-state index contributed by atoms with van der Waals surface area (Å²) in [5, 5.41) is 12.8. The molecule has 0 bridgehead atoms. The SMILES string of the molecule is COC(=O)/C=C/NCC(C)(O)CC(C)C. The minimum atomic E-state index is -0.755. The third kappa shape index (κ3) is 8.00. The van der Waals surface area contributed by atoms with Crippen molar-refractivity contribution >= 4 is 5.97 Å². The van der Waals surface area contributed by atoms with Crippen molar-refractivity contribution in [2.45, 2.75) is 32.8 Å². The highest BCUT2D eigenvalue weighted by Crippen LogP contribution is 2.14. The van der Waals surface area contributed by atoms with Crippen LogP contribution in [-0.4, -0.2) is 30.3 Å². The lowest BCUT2D eigenvalue weighted by atomic mass is 9.94. The molecule has 0 aliphatic carbocycles. The molecule has 0 heterocycles. The van der Waals surface area contributed by atoms with Gasteiger partial charge < -0.3 is 15.2 Å². The van der Waals surface area contributed by atoms with Gasteiger partial charge in [-0.25, -0.2) is 4.79 Å². The quantitative estimate of drug-likeness (QED) is 0.514. The molecule has 0 aromatic carbocycles. The van der Waals surface area contributed by atoms with Crippen LogP contribution in [0.2, 0.25) is 0 Å². The number of hydrogen-bond donors (Lipinski definition) is 2. The van der Waals surface area contributed by atoms with E-state index in [1.165, 1.54) is 19.4 Å². The average Bonchev–Trinajstić information content (AvgIpc) is 2.10. The molecule has 0 amide bonds. The molecule has 0 aliphatic rings. The first-order valence-electron chi connectivity index (χ1n) is 5.07. The molecule has 0 aliphatic heterocycles. The Kier molecular flexibility index (Phi) is 6.01. The second kappa shape index (κ2) is 6.45. The summed E-state index contributed by atoms with van der Waals surface area (Å²) in [5.41, 5.74) is -0.755. The van der Waals surface area contributed by atoms with Gasteiger partial charge in [-0.2, -0.15) is 0 Å². The van der Waals surface area contributed by atoms with Crippen LogP contribution in [0.15, 0.2) is 12.3 Å². The molecular formula is C11H21NO3. The van der Waals surface area contributed by atoms with Crippen LogP contribution in [0, 0.1) is 5.92 Å². The highest BCUT2D eigenvalue weighted by atomic mass is 16.5. The van der Waals surface area contributed by atoms with Gasteiger partial charge in [0.15, 0.2) is 0 Å². The van der Waals surface area contributed by atoms with Gasteiger partial charge in [-0.3, -0.25) is 0 Å². The standard InChI is InChI=1S/C11H21NO3/c1-9(2)7-11(3,14)8-12-6-5-10(13)15-4/h5-6,9,12,14H,7-8H2,1-4H3/b6-5+. The van der Waals surface area contributed by atoms with Crippen molar-refractivity contribution in [2.75, 3.05) is 13.7 Å². The highest BCUT2D eigenvalue weighted by molar-refractivity contribution is 5.81. The van der Waals surface area contributed by atoms with Gasteiger partial charge in [0.1, 0.15) is 0 Å². The van der Waals surface area contributed by atoms with Gasteiger partial charge in [-0.1, -0.05) is 13.8 Å². The Morgan fingerprint density at radius 2 is 2.20 bits per heavy atom. The molecule has 0 rings (SSSR count). The number of nitrogens with one attached hydrogen (secondary N) is 1. The van der Waals surface area contributed by atoms with E-state index in [4.69, 9.17) is 0 Å². The Morgan fingerprint density at radius 1 is 1.60 bits per heavy atom. The lowest BCUT2D eigenvalue weighted by Gasteiger charge is -2.25. The van der Waals surface area contributed by atoms with E-state index in [1.54, 1.807) is 6.92 Å². The second-order valence-corrected chi connectivity index (χ2v) is 4.33. The van der Waals surface area contributed by atoms with E-state index in [2.05, 4.69) is 23.9 Å². The average molecular weight is 215 g/mol. The van der Waals surface area contributed by atoms with Gasteiger partial charge in [-0.15, -0.1) is 0 Å². The van der Waals surface area contributed by atoms with Crippen molar-refractivity contribution in [3.8, 4) is 0 Å². The Hall–Kier alpha value is -1.03. The smallest absolute Gasteiger partial charge is 0.331 e. The summed E-state index contributed by atoms with van der Waals surface area (Å²) in [6, 6.07) is 0. The predicted molar refractivity (Wildman–Crippen MR) is 59.2 cm³/mol. The first-order valence-corrected chi connectivity index (χ1v) is 5.07. The van der Waals surface area contributed by atoms with Crippen LogP contribution in [0.3, 0.4) is 0 Å². The number of methoxy groups -OCH3 is 1. The third-order valence-corrected chi connectivity index (χ3v) is 1.87. The van der Waals surface area contributed by atoms with E-state index >= 15 is 0 Å². The maximum atomic E-state index is 10.7. The molecule has 0 fully saturated rings. The van der Waals surface area contributed by atoms with Crippen molar-refractivity contribution in [3.05, 3.63) is 12.3 Å². The fraction of sp³-hybridized carbons (Fsp3) is 0.727. The monoisotopic (exact) mass is 215 g/mol. The van der Waals surface area contributed by atoms with E-state index in [1.807, 2.05) is 0 Å². The number of ether oxygens (including phenoxy) is 1. The van der Waals surface area contributed by atoms with Gasteiger partial charge >= 0.3 is 5.97 Å². The first-order chi connectivity index (χ1) is 6.87. The fourth-order valence-electron chi connectivity index (χ4n) is 1.43. The summed E-state index contributed by atoms with van der Waals surface area (Å²) in [5.74, 6) is 0.0254. The van der Waals surface area contributed by atoms with Crippen molar-refractivity contribution < 1.29 is 14.6 Å². The van der Waals surface area contributed by atoms with Crippen molar-refractivity contribution in [1.29, 1.82) is 0 Å². The van der Waals surface area contributed by atoms with E-state index in [9.17, 15) is 9.90 Å². The first kappa shape index (κ1) is 14.0. The molecule has 4 heteroatoms. The predicted octanol–water partition coefficient (Wildman–Crippen LogP) is 1.06. The zero-order valence-electron chi connectivity index (χ0n) is 9.91. The van der Waals surface area contributed by atoms with Crippen LogP contribution < -0.4 is 5.32 Å². The van der Waals surface area contributed by atoms with Gasteiger partial charge in [0.25, 0.3) is 0 Å². The molecule has 88 valence electrons. The van der Waals surface area contributed by atoms with E-state index < -0.39 is 11.6 Å². The van der Waals surface area contributed by atoms with Crippen LogP contribution in [0.25, 0.3) is 0 Å². The molecule has 1 atom stereocenters. The molecule has 0 saturated heterocycles. The Morgan fingerprint density at radius 3 is 2.67 bits per heavy atom. The van der Waals surface area contributed by atoms with Crippen LogP contribution >= 0.6 is 0 Å². The summed E-state index contributed by atoms with van der Waals surface area (Å²) < 4.78 is 4.42. The molecule has 15 heavy (non-hydrogen) atoms. The molecular weight excluding hydrogens is 194 g/mol. The molecule has 0 radical (unpaired) electrons. The highest BCUT2D eigenvalue weighted by Gasteiger charge is 2.20. The molecule has 1 unspecified atom stereocenters. The van der Waals surface area contributed by atoms with E-state index in [0.717, 1.165) is 0 Å². The Bertz CT molecular complexity index is 222. The number of rotatable bonds is 6. The van der Waals surface area contributed by atoms with Crippen LogP contribution in [0.1, 0.15) is 27.2 Å². The Labute approximate surface area is 91.3 Å². The summed E-state index contributed by atoms with van der Waals surface area (Å²) >= 11 is 0. The van der Waals surface area contributed by atoms with Crippen molar-refractivity contribution in [2.24, 2.45) is 5.92 Å². The number of aliphatic hydroxyl groups is 1. The maximum absolute atomic E-state index is 10.7. The summed E-state index contributed by atoms with van der Waals surface area (Å²) in [6.45, 7) is 6.29. The van der Waals surface area contributed by atoms with Crippen LogP contribution in [-0.2, 0) is 9.53 Å². The van der Waals surface area contributed by atoms with E-state index in [-0.39, 0.29) is 0 Å². The molecule has 2 N–H and O–H groups in total. The topological polar surface area (TPSA) is 58.6 Å². The summed E-state index contributed by atoms with van der Waals surface area (Å²) in [6.07, 6.45) is 3.48. The molecule has 0 aromatic rings. The minimum Gasteiger partial charge on any atom is -0.466 e. The van der Waals surface area contributed by atoms with Crippen molar-refractivity contribution in [3.63, 3.8) is 0 Å². The number of hydrogen-bond acceptors (Lipinski definition) is 4. The molecule has 0 aromatic heterocycles. The molecule has 4 nitrogen and oxygen atoms in total. The largest absolute Gasteiger partial charge is 0.466 e. The fourth-order valence-corrected chi connectivity index (χ4v) is 1.43.